The summed E-state index contributed by atoms with van der Waals surface area (Å²) in [6.45, 7) is 0.931. The van der Waals surface area contributed by atoms with Crippen LogP contribution in [0.2, 0.25) is 0 Å². The summed E-state index contributed by atoms with van der Waals surface area (Å²) >= 11 is 0. The van der Waals surface area contributed by atoms with Crippen LogP contribution in [0.15, 0.2) is 53.6 Å². The number of aromatic amines is 1. The fourth-order valence-electron chi connectivity index (χ4n) is 2.90. The number of hydrogen-bond donors (Lipinski definition) is 1. The zero-order valence-electron chi connectivity index (χ0n) is 14.1. The number of pyridine rings is 2. The number of hydrogen-bond acceptors (Lipinski definition) is 5. The summed E-state index contributed by atoms with van der Waals surface area (Å²) in [7, 11) is 1.41. The Morgan fingerprint density at radius 1 is 1.27 bits per heavy atom. The van der Waals surface area contributed by atoms with Crippen molar-refractivity contribution in [2.45, 2.75) is 6.10 Å². The fraction of sp³-hybridized carbons (Fsp3) is 0.211. The second kappa shape index (κ2) is 6.51. The normalized spacial score (nSPS) is 14.1. The van der Waals surface area contributed by atoms with Gasteiger partial charge in [0.15, 0.2) is 5.75 Å². The van der Waals surface area contributed by atoms with Crippen molar-refractivity contribution < 1.29 is 14.3 Å². The van der Waals surface area contributed by atoms with Crippen LogP contribution in [0.3, 0.4) is 0 Å². The van der Waals surface area contributed by atoms with Crippen molar-refractivity contribution in [1.29, 1.82) is 0 Å². The third kappa shape index (κ3) is 2.99. The molecule has 3 aromatic rings. The van der Waals surface area contributed by atoms with E-state index in [1.54, 1.807) is 11.1 Å². The van der Waals surface area contributed by atoms with Crippen molar-refractivity contribution in [2.24, 2.45) is 0 Å². The summed E-state index contributed by atoms with van der Waals surface area (Å²) in [6.07, 6.45) is 3.06. The fourth-order valence-corrected chi connectivity index (χ4v) is 2.90. The van der Waals surface area contributed by atoms with Crippen molar-refractivity contribution in [3.05, 3.63) is 64.7 Å². The van der Waals surface area contributed by atoms with Gasteiger partial charge in [-0.15, -0.1) is 0 Å². The van der Waals surface area contributed by atoms with E-state index >= 15 is 0 Å². The Bertz CT molecular complexity index is 1020. The average Bonchev–Trinajstić information content (AvgIpc) is 2.63. The quantitative estimate of drug-likeness (QED) is 0.775. The van der Waals surface area contributed by atoms with Gasteiger partial charge in [0.25, 0.3) is 5.91 Å². The molecule has 4 rings (SSSR count). The minimum atomic E-state index is -0.327. The van der Waals surface area contributed by atoms with Crippen molar-refractivity contribution in [2.75, 3.05) is 20.2 Å². The number of carbonyl (C=O) groups excluding carboxylic acids is 1. The molecule has 1 aliphatic rings. The molecule has 132 valence electrons. The van der Waals surface area contributed by atoms with Crippen molar-refractivity contribution >= 4 is 16.8 Å². The van der Waals surface area contributed by atoms with E-state index in [9.17, 15) is 9.59 Å². The number of carbonyl (C=O) groups is 1. The van der Waals surface area contributed by atoms with Gasteiger partial charge in [0, 0.05) is 29.9 Å². The predicted octanol–water partition coefficient (Wildman–Crippen LogP) is 1.84. The van der Waals surface area contributed by atoms with Crippen LogP contribution in [0.25, 0.3) is 10.9 Å². The lowest BCUT2D eigenvalue weighted by atomic mass is 10.1. The Morgan fingerprint density at radius 2 is 2.12 bits per heavy atom. The number of fused-ring (bicyclic) bond motifs is 1. The van der Waals surface area contributed by atoms with Gasteiger partial charge in [-0.2, -0.15) is 0 Å². The smallest absolute Gasteiger partial charge is 0.270 e. The summed E-state index contributed by atoms with van der Waals surface area (Å²) in [5, 5.41) is 1.05. The molecule has 0 atom stereocenters. The van der Waals surface area contributed by atoms with Gasteiger partial charge in [-0.1, -0.05) is 6.07 Å². The van der Waals surface area contributed by atoms with Gasteiger partial charge in [0.1, 0.15) is 17.5 Å². The largest absolute Gasteiger partial charge is 0.491 e. The highest BCUT2D eigenvalue weighted by Crippen LogP contribution is 2.23. The van der Waals surface area contributed by atoms with Crippen molar-refractivity contribution in [3.63, 3.8) is 0 Å². The van der Waals surface area contributed by atoms with Gasteiger partial charge in [0.05, 0.1) is 25.7 Å². The van der Waals surface area contributed by atoms with E-state index in [4.69, 9.17) is 9.47 Å². The third-order valence-electron chi connectivity index (χ3n) is 4.34. The Labute approximate surface area is 149 Å². The number of benzene rings is 1. The number of nitrogens with zero attached hydrogens (tertiary/aromatic N) is 2. The zero-order chi connectivity index (χ0) is 18.1. The highest BCUT2D eigenvalue weighted by Gasteiger charge is 2.33. The van der Waals surface area contributed by atoms with Crippen LogP contribution in [0, 0.1) is 0 Å². The van der Waals surface area contributed by atoms with E-state index < -0.39 is 0 Å². The molecule has 1 saturated heterocycles. The topological polar surface area (TPSA) is 84.5 Å². The van der Waals surface area contributed by atoms with Crippen LogP contribution in [-0.4, -0.2) is 47.1 Å². The first kappa shape index (κ1) is 16.1. The number of amides is 1. The Kier molecular flexibility index (Phi) is 4.04. The van der Waals surface area contributed by atoms with E-state index in [0.29, 0.717) is 13.1 Å². The summed E-state index contributed by atoms with van der Waals surface area (Å²) < 4.78 is 10.8. The summed E-state index contributed by atoms with van der Waals surface area (Å²) in [6, 6.07) is 10.9. The second-order valence-corrected chi connectivity index (χ2v) is 6.09. The van der Waals surface area contributed by atoms with Crippen LogP contribution in [0.1, 0.15) is 10.5 Å². The predicted molar refractivity (Wildman–Crippen MR) is 95.7 cm³/mol. The molecule has 0 aliphatic carbocycles. The Hall–Kier alpha value is -3.35. The molecule has 7 heteroatoms. The van der Waals surface area contributed by atoms with Crippen LogP contribution in [0.5, 0.6) is 11.5 Å². The molecular formula is C19H17N3O4. The highest BCUT2D eigenvalue weighted by atomic mass is 16.5. The molecule has 1 aromatic carbocycles. The molecule has 0 unspecified atom stereocenters. The number of ether oxygens (including phenoxy) is 2. The van der Waals surface area contributed by atoms with Gasteiger partial charge in [-0.25, -0.2) is 0 Å². The first-order valence-corrected chi connectivity index (χ1v) is 8.21. The van der Waals surface area contributed by atoms with E-state index in [-0.39, 0.29) is 28.9 Å². The molecule has 1 fully saturated rings. The summed E-state index contributed by atoms with van der Waals surface area (Å²) in [4.78, 5) is 32.9. The molecule has 0 bridgehead atoms. The average molecular weight is 351 g/mol. The standard InChI is InChI=1S/C19H17N3O4/c1-25-18-9-21-16(8-17(18)23)19(24)22-10-14(11-22)26-13-5-4-12-3-2-6-20-15(12)7-13/h2-9,14H,10-11H2,1H3,(H,21,23). The molecule has 0 radical (unpaired) electrons. The Morgan fingerprint density at radius 3 is 2.88 bits per heavy atom. The molecule has 3 heterocycles. The SMILES string of the molecule is COc1c[nH]c(C(=O)N2CC(Oc3ccc4cccnc4c3)C2)cc1=O. The molecule has 7 nitrogen and oxygen atoms in total. The molecule has 0 spiro atoms. The maximum Gasteiger partial charge on any atom is 0.270 e. The molecule has 2 aromatic heterocycles. The number of methoxy groups -OCH3 is 1. The molecular weight excluding hydrogens is 334 g/mol. The van der Waals surface area contributed by atoms with E-state index in [0.717, 1.165) is 16.7 Å². The monoisotopic (exact) mass is 351 g/mol. The number of rotatable bonds is 4. The van der Waals surface area contributed by atoms with E-state index in [2.05, 4.69) is 9.97 Å². The third-order valence-corrected chi connectivity index (χ3v) is 4.34. The molecule has 0 saturated carbocycles. The molecule has 1 N–H and O–H groups in total. The maximum absolute atomic E-state index is 12.4. The van der Waals surface area contributed by atoms with E-state index in [1.807, 2.05) is 30.3 Å². The van der Waals surface area contributed by atoms with Gasteiger partial charge < -0.3 is 19.4 Å². The highest BCUT2D eigenvalue weighted by molar-refractivity contribution is 5.93. The van der Waals surface area contributed by atoms with Gasteiger partial charge in [-0.3, -0.25) is 14.6 Å². The van der Waals surface area contributed by atoms with Crippen molar-refractivity contribution in [3.8, 4) is 11.5 Å². The lowest BCUT2D eigenvalue weighted by molar-refractivity contribution is 0.0174. The number of nitrogens with one attached hydrogen (secondary N) is 1. The number of aromatic nitrogens is 2. The minimum Gasteiger partial charge on any atom is -0.491 e. The number of likely N-dealkylation sites (tertiary alicyclic amines) is 1. The van der Waals surface area contributed by atoms with Crippen LogP contribution >= 0.6 is 0 Å². The first-order chi connectivity index (χ1) is 12.6. The van der Waals surface area contributed by atoms with Crippen LogP contribution < -0.4 is 14.9 Å². The number of H-pyrrole nitrogens is 1. The second-order valence-electron chi connectivity index (χ2n) is 6.09. The maximum atomic E-state index is 12.4. The first-order valence-electron chi connectivity index (χ1n) is 8.21. The van der Waals surface area contributed by atoms with Gasteiger partial charge in [-0.05, 0) is 18.2 Å². The zero-order valence-corrected chi connectivity index (χ0v) is 14.1. The van der Waals surface area contributed by atoms with E-state index in [1.165, 1.54) is 19.4 Å². The summed E-state index contributed by atoms with van der Waals surface area (Å²) in [5.41, 5.74) is 0.781. The van der Waals surface area contributed by atoms with Crippen LogP contribution in [-0.2, 0) is 0 Å². The van der Waals surface area contributed by atoms with Gasteiger partial charge in [0.2, 0.25) is 5.43 Å². The van der Waals surface area contributed by atoms with Crippen LogP contribution in [0.4, 0.5) is 0 Å². The Balaban J connectivity index is 1.39. The van der Waals surface area contributed by atoms with Gasteiger partial charge >= 0.3 is 0 Å². The lowest BCUT2D eigenvalue weighted by Crippen LogP contribution is -2.56. The summed E-state index contributed by atoms with van der Waals surface area (Å²) in [5.74, 6) is 0.673. The lowest BCUT2D eigenvalue weighted by Gasteiger charge is -2.38. The molecule has 26 heavy (non-hydrogen) atoms. The minimum absolute atomic E-state index is 0.0786. The molecule has 1 amide bonds. The molecule has 1 aliphatic heterocycles. The van der Waals surface area contributed by atoms with Crippen molar-refractivity contribution in [1.82, 2.24) is 14.9 Å².